The lowest BCUT2D eigenvalue weighted by molar-refractivity contribution is -0.136. The summed E-state index contributed by atoms with van der Waals surface area (Å²) in [6.45, 7) is 0.256. The largest absolute Gasteiger partial charge is 0.487 e. The average molecular weight is 361 g/mol. The van der Waals surface area contributed by atoms with Crippen molar-refractivity contribution in [2.45, 2.75) is 6.61 Å². The first kappa shape index (κ1) is 17.9. The van der Waals surface area contributed by atoms with Gasteiger partial charge in [-0.05, 0) is 29.8 Å². The van der Waals surface area contributed by atoms with Crippen molar-refractivity contribution < 1.29 is 14.3 Å². The molecule has 0 heterocycles. The number of ether oxygens (including phenoxy) is 2. The van der Waals surface area contributed by atoms with E-state index in [4.69, 9.17) is 39.1 Å². The predicted molar refractivity (Wildman–Crippen MR) is 96.1 cm³/mol. The van der Waals surface area contributed by atoms with Crippen LogP contribution < -0.4 is 4.74 Å². The molecule has 0 atom stereocenters. The van der Waals surface area contributed by atoms with Crippen molar-refractivity contribution in [2.24, 2.45) is 0 Å². The summed E-state index contributed by atoms with van der Waals surface area (Å²) in [5.41, 5.74) is 1.61. The summed E-state index contributed by atoms with van der Waals surface area (Å²) >= 11 is 12.3. The third-order valence-corrected chi connectivity index (χ3v) is 3.67. The molecule has 0 fully saturated rings. The zero-order chi connectivity index (χ0) is 17.4. The number of hydrogen-bond donors (Lipinski definition) is 0. The van der Waals surface area contributed by atoms with E-state index in [0.29, 0.717) is 22.4 Å². The molecule has 0 N–H and O–H groups in total. The second-order valence-electron chi connectivity index (χ2n) is 4.72. The van der Waals surface area contributed by atoms with Crippen LogP contribution in [0.2, 0.25) is 10.0 Å². The van der Waals surface area contributed by atoms with Crippen LogP contribution in [0.15, 0.2) is 48.5 Å². The Balaban J connectivity index is 1.99. The smallest absolute Gasteiger partial charge is 0.331 e. The number of halogens is 2. The minimum absolute atomic E-state index is 0.0568. The standard InChI is InChI=1S/C19H14Cl2O3/c1-2-11-23-19(22)10-8-14-7-9-18(17(21)12-14)24-13-15-5-3-4-6-16(15)20/h1,3-10,12H,11,13H2/b10-8+. The molecule has 3 nitrogen and oxygen atoms in total. The first-order valence-corrected chi connectivity index (χ1v) is 7.80. The van der Waals surface area contributed by atoms with Gasteiger partial charge in [-0.25, -0.2) is 4.79 Å². The number of carbonyl (C=O) groups is 1. The van der Waals surface area contributed by atoms with E-state index in [1.165, 1.54) is 6.08 Å². The van der Waals surface area contributed by atoms with Crippen LogP contribution in [0.1, 0.15) is 11.1 Å². The van der Waals surface area contributed by atoms with Crippen LogP contribution in [0, 0.1) is 12.3 Å². The van der Waals surface area contributed by atoms with E-state index in [-0.39, 0.29) is 6.61 Å². The Labute approximate surface area is 150 Å². The van der Waals surface area contributed by atoms with Gasteiger partial charge in [-0.2, -0.15) is 0 Å². The summed E-state index contributed by atoms with van der Waals surface area (Å²) in [4.78, 5) is 11.3. The van der Waals surface area contributed by atoms with E-state index < -0.39 is 5.97 Å². The molecule has 2 rings (SSSR count). The number of carbonyl (C=O) groups excluding carboxylic acids is 1. The van der Waals surface area contributed by atoms with Crippen molar-refractivity contribution >= 4 is 35.2 Å². The van der Waals surface area contributed by atoms with Gasteiger partial charge in [-0.15, -0.1) is 6.42 Å². The molecule has 0 spiro atoms. The molecule has 0 unspecified atom stereocenters. The first-order valence-electron chi connectivity index (χ1n) is 7.04. The minimum Gasteiger partial charge on any atom is -0.487 e. The van der Waals surface area contributed by atoms with E-state index >= 15 is 0 Å². The predicted octanol–water partition coefficient (Wildman–Crippen LogP) is 4.76. The van der Waals surface area contributed by atoms with Crippen LogP contribution in [0.4, 0.5) is 0 Å². The van der Waals surface area contributed by atoms with Crippen LogP contribution in [0.25, 0.3) is 6.08 Å². The lowest BCUT2D eigenvalue weighted by Gasteiger charge is -2.09. The van der Waals surface area contributed by atoms with Gasteiger partial charge < -0.3 is 9.47 Å². The van der Waals surface area contributed by atoms with Crippen LogP contribution in [0.3, 0.4) is 0 Å². The highest BCUT2D eigenvalue weighted by atomic mass is 35.5. The molecule has 0 aliphatic rings. The summed E-state index contributed by atoms with van der Waals surface area (Å²) in [6.07, 6.45) is 7.88. The van der Waals surface area contributed by atoms with Crippen LogP contribution in [-0.2, 0) is 16.1 Å². The van der Waals surface area contributed by atoms with Crippen molar-refractivity contribution in [2.75, 3.05) is 6.61 Å². The fraction of sp³-hybridized carbons (Fsp3) is 0.105. The lowest BCUT2D eigenvalue weighted by Crippen LogP contribution is -2.00. The van der Waals surface area contributed by atoms with Crippen molar-refractivity contribution in [1.82, 2.24) is 0 Å². The molecule has 0 aromatic heterocycles. The van der Waals surface area contributed by atoms with Crippen molar-refractivity contribution in [1.29, 1.82) is 0 Å². The third-order valence-electron chi connectivity index (χ3n) is 3.01. The van der Waals surface area contributed by atoms with E-state index in [0.717, 1.165) is 11.1 Å². The molecule has 0 amide bonds. The summed E-state index contributed by atoms with van der Waals surface area (Å²) in [5, 5.41) is 1.07. The molecule has 0 aliphatic heterocycles. The van der Waals surface area contributed by atoms with Crippen molar-refractivity contribution in [3.63, 3.8) is 0 Å². The molecule has 0 saturated heterocycles. The van der Waals surface area contributed by atoms with Gasteiger partial charge in [-0.3, -0.25) is 0 Å². The Morgan fingerprint density at radius 1 is 1.17 bits per heavy atom. The van der Waals surface area contributed by atoms with Gasteiger partial charge in [0, 0.05) is 16.7 Å². The van der Waals surface area contributed by atoms with Gasteiger partial charge >= 0.3 is 5.97 Å². The molecular weight excluding hydrogens is 347 g/mol. The SMILES string of the molecule is C#CCOC(=O)/C=C/c1ccc(OCc2ccccc2Cl)c(Cl)c1. The van der Waals surface area contributed by atoms with E-state index in [9.17, 15) is 4.79 Å². The quantitative estimate of drug-likeness (QED) is 0.423. The van der Waals surface area contributed by atoms with E-state index in [1.807, 2.05) is 18.2 Å². The molecule has 0 saturated carbocycles. The normalized spacial score (nSPS) is 10.4. The molecule has 0 aliphatic carbocycles. The Morgan fingerprint density at radius 3 is 2.67 bits per heavy atom. The molecular formula is C19H14Cl2O3. The number of hydrogen-bond acceptors (Lipinski definition) is 3. The van der Waals surface area contributed by atoms with Crippen LogP contribution in [-0.4, -0.2) is 12.6 Å². The fourth-order valence-electron chi connectivity index (χ4n) is 1.83. The monoisotopic (exact) mass is 360 g/mol. The molecule has 24 heavy (non-hydrogen) atoms. The van der Waals surface area contributed by atoms with Gasteiger partial charge in [0.25, 0.3) is 0 Å². The second-order valence-corrected chi connectivity index (χ2v) is 5.53. The first-order chi connectivity index (χ1) is 11.6. The number of benzene rings is 2. The topological polar surface area (TPSA) is 35.5 Å². The van der Waals surface area contributed by atoms with Gasteiger partial charge in [0.15, 0.2) is 6.61 Å². The molecule has 0 bridgehead atoms. The Morgan fingerprint density at radius 2 is 1.96 bits per heavy atom. The zero-order valence-corrected chi connectivity index (χ0v) is 14.2. The minimum atomic E-state index is -0.511. The fourth-order valence-corrected chi connectivity index (χ4v) is 2.27. The summed E-state index contributed by atoms with van der Waals surface area (Å²) in [7, 11) is 0. The van der Waals surface area contributed by atoms with E-state index in [2.05, 4.69) is 5.92 Å². The van der Waals surface area contributed by atoms with Crippen LogP contribution >= 0.6 is 23.2 Å². The lowest BCUT2D eigenvalue weighted by atomic mass is 10.2. The maximum absolute atomic E-state index is 11.3. The molecule has 122 valence electrons. The maximum atomic E-state index is 11.3. The number of rotatable bonds is 6. The Bertz CT molecular complexity index is 791. The van der Waals surface area contributed by atoms with Gasteiger partial charge in [0.2, 0.25) is 0 Å². The second kappa shape index (κ2) is 9.02. The van der Waals surface area contributed by atoms with Crippen molar-refractivity contribution in [3.05, 3.63) is 69.7 Å². The molecule has 5 heteroatoms. The summed E-state index contributed by atoms with van der Waals surface area (Å²) < 4.78 is 10.4. The molecule has 2 aromatic carbocycles. The highest BCUT2D eigenvalue weighted by molar-refractivity contribution is 6.32. The van der Waals surface area contributed by atoms with Gasteiger partial charge in [-0.1, -0.05) is 53.4 Å². The van der Waals surface area contributed by atoms with E-state index in [1.54, 1.807) is 30.3 Å². The highest BCUT2D eigenvalue weighted by Crippen LogP contribution is 2.27. The van der Waals surface area contributed by atoms with Gasteiger partial charge in [0.05, 0.1) is 5.02 Å². The Kier molecular flexibility index (Phi) is 6.74. The summed E-state index contributed by atoms with van der Waals surface area (Å²) in [6, 6.07) is 12.6. The Hall–Kier alpha value is -2.41. The molecule has 2 aromatic rings. The summed E-state index contributed by atoms with van der Waals surface area (Å²) in [5.74, 6) is 2.24. The maximum Gasteiger partial charge on any atom is 0.331 e. The van der Waals surface area contributed by atoms with Crippen LogP contribution in [0.5, 0.6) is 5.75 Å². The third kappa shape index (κ3) is 5.34. The van der Waals surface area contributed by atoms with Crippen molar-refractivity contribution in [3.8, 4) is 18.1 Å². The van der Waals surface area contributed by atoms with Gasteiger partial charge in [0.1, 0.15) is 12.4 Å². The number of esters is 1. The highest BCUT2D eigenvalue weighted by Gasteiger charge is 2.05. The molecule has 0 radical (unpaired) electrons. The average Bonchev–Trinajstić information content (AvgIpc) is 2.58. The zero-order valence-electron chi connectivity index (χ0n) is 12.7. The number of terminal acetylenes is 1.